The Hall–Kier alpha value is -2.54. The zero-order valence-electron chi connectivity index (χ0n) is 12.5. The Morgan fingerprint density at radius 3 is 2.65 bits per heavy atom. The number of amides is 1. The van der Waals surface area contributed by atoms with Gasteiger partial charge < -0.3 is 10.1 Å². The van der Waals surface area contributed by atoms with E-state index >= 15 is 0 Å². The monoisotopic (exact) mass is 332 g/mol. The van der Waals surface area contributed by atoms with E-state index in [-0.39, 0.29) is 18.3 Å². The molecule has 0 unspecified atom stereocenters. The summed E-state index contributed by atoms with van der Waals surface area (Å²) in [7, 11) is -3.54. The van der Waals surface area contributed by atoms with Crippen LogP contribution in [0.15, 0.2) is 42.5 Å². The molecule has 1 amide bonds. The van der Waals surface area contributed by atoms with Crippen LogP contribution in [0.4, 0.5) is 11.4 Å². The van der Waals surface area contributed by atoms with Gasteiger partial charge in [0.1, 0.15) is 5.75 Å². The van der Waals surface area contributed by atoms with E-state index in [0.717, 1.165) is 5.56 Å². The molecular weight excluding hydrogens is 316 g/mol. The molecule has 0 aromatic heterocycles. The molecule has 0 bridgehead atoms. The Labute approximate surface area is 134 Å². The van der Waals surface area contributed by atoms with Crippen LogP contribution in [0.5, 0.6) is 5.75 Å². The molecule has 3 rings (SSSR count). The average molecular weight is 332 g/mol. The van der Waals surface area contributed by atoms with Crippen LogP contribution in [-0.4, -0.2) is 20.9 Å². The predicted molar refractivity (Wildman–Crippen MR) is 88.0 cm³/mol. The highest BCUT2D eigenvalue weighted by Gasteiger charge is 2.18. The van der Waals surface area contributed by atoms with E-state index in [1.165, 1.54) is 0 Å². The highest BCUT2D eigenvalue weighted by Crippen LogP contribution is 2.30. The minimum absolute atomic E-state index is 0.0362. The van der Waals surface area contributed by atoms with E-state index in [4.69, 9.17) is 4.74 Å². The van der Waals surface area contributed by atoms with Gasteiger partial charge >= 0.3 is 0 Å². The van der Waals surface area contributed by atoms with Gasteiger partial charge in [-0.1, -0.05) is 29.8 Å². The summed E-state index contributed by atoms with van der Waals surface area (Å²) in [4.78, 5) is 11.3. The van der Waals surface area contributed by atoms with Crippen molar-refractivity contribution in [2.24, 2.45) is 0 Å². The van der Waals surface area contributed by atoms with Gasteiger partial charge in [-0.25, -0.2) is 8.42 Å². The quantitative estimate of drug-likeness (QED) is 0.899. The molecule has 0 radical (unpaired) electrons. The van der Waals surface area contributed by atoms with Crippen LogP contribution in [0.1, 0.15) is 11.1 Å². The Kier molecular flexibility index (Phi) is 3.96. The fourth-order valence-corrected chi connectivity index (χ4v) is 3.46. The second-order valence-corrected chi connectivity index (χ2v) is 7.12. The summed E-state index contributed by atoms with van der Waals surface area (Å²) < 4.78 is 32.3. The van der Waals surface area contributed by atoms with E-state index in [1.54, 1.807) is 30.3 Å². The number of ether oxygens (including phenoxy) is 1. The van der Waals surface area contributed by atoms with Crippen LogP contribution in [0.25, 0.3) is 0 Å². The second kappa shape index (κ2) is 5.92. The van der Waals surface area contributed by atoms with Crippen molar-refractivity contribution >= 4 is 27.3 Å². The van der Waals surface area contributed by atoms with Crippen LogP contribution in [0, 0.1) is 6.92 Å². The maximum absolute atomic E-state index is 12.3. The Morgan fingerprint density at radius 1 is 1.17 bits per heavy atom. The zero-order chi connectivity index (χ0) is 16.4. The number of hydrogen-bond acceptors (Lipinski definition) is 4. The van der Waals surface area contributed by atoms with Gasteiger partial charge in [0.05, 0.1) is 17.1 Å². The Bertz CT molecular complexity index is 845. The Morgan fingerprint density at radius 2 is 1.91 bits per heavy atom. The topological polar surface area (TPSA) is 84.5 Å². The SMILES string of the molecule is Cc1ccc(CS(=O)(=O)Nc2ccc3c(c2)NC(=O)CO3)cc1. The molecule has 0 saturated carbocycles. The van der Waals surface area contributed by atoms with Gasteiger partial charge in [0.25, 0.3) is 5.91 Å². The smallest absolute Gasteiger partial charge is 0.262 e. The summed E-state index contributed by atoms with van der Waals surface area (Å²) >= 11 is 0. The highest BCUT2D eigenvalue weighted by atomic mass is 32.2. The van der Waals surface area contributed by atoms with Gasteiger partial charge in [-0.3, -0.25) is 9.52 Å². The molecule has 0 fully saturated rings. The largest absolute Gasteiger partial charge is 0.482 e. The van der Waals surface area contributed by atoms with Crippen molar-refractivity contribution in [3.8, 4) is 5.75 Å². The average Bonchev–Trinajstić information content (AvgIpc) is 2.48. The maximum atomic E-state index is 12.3. The lowest BCUT2D eigenvalue weighted by atomic mass is 10.2. The normalized spacial score (nSPS) is 13.7. The van der Waals surface area contributed by atoms with Crippen LogP contribution < -0.4 is 14.8 Å². The minimum Gasteiger partial charge on any atom is -0.482 e. The molecule has 2 aromatic rings. The molecule has 23 heavy (non-hydrogen) atoms. The van der Waals surface area contributed by atoms with E-state index in [0.29, 0.717) is 22.7 Å². The van der Waals surface area contributed by atoms with Crippen molar-refractivity contribution in [3.05, 3.63) is 53.6 Å². The summed E-state index contributed by atoms with van der Waals surface area (Å²) in [5, 5.41) is 2.64. The minimum atomic E-state index is -3.54. The first-order chi connectivity index (χ1) is 10.9. The molecular formula is C16H16N2O4S. The van der Waals surface area contributed by atoms with Crippen LogP contribution in [0.2, 0.25) is 0 Å². The maximum Gasteiger partial charge on any atom is 0.262 e. The highest BCUT2D eigenvalue weighted by molar-refractivity contribution is 7.91. The van der Waals surface area contributed by atoms with Gasteiger partial charge in [0.2, 0.25) is 10.0 Å². The van der Waals surface area contributed by atoms with Crippen molar-refractivity contribution in [1.82, 2.24) is 0 Å². The number of anilines is 2. The summed E-state index contributed by atoms with van der Waals surface area (Å²) in [6, 6.07) is 12.1. The predicted octanol–water partition coefficient (Wildman–Crippen LogP) is 2.27. The van der Waals surface area contributed by atoms with Gasteiger partial charge in [0, 0.05) is 0 Å². The lowest BCUT2D eigenvalue weighted by Gasteiger charge is -2.18. The van der Waals surface area contributed by atoms with Crippen molar-refractivity contribution in [2.75, 3.05) is 16.6 Å². The van der Waals surface area contributed by atoms with Crippen LogP contribution in [-0.2, 0) is 20.6 Å². The molecule has 2 aromatic carbocycles. The number of rotatable bonds is 4. The summed E-state index contributed by atoms with van der Waals surface area (Å²) in [5.74, 6) is 0.135. The number of carbonyl (C=O) groups is 1. The molecule has 1 aliphatic heterocycles. The number of fused-ring (bicyclic) bond motifs is 1. The summed E-state index contributed by atoms with van der Waals surface area (Å²) in [5.41, 5.74) is 2.61. The molecule has 0 aliphatic carbocycles. The first kappa shape index (κ1) is 15.4. The lowest BCUT2D eigenvalue weighted by Crippen LogP contribution is -2.25. The summed E-state index contributed by atoms with van der Waals surface area (Å²) in [6.07, 6.45) is 0. The second-order valence-electron chi connectivity index (χ2n) is 5.39. The van der Waals surface area contributed by atoms with Gasteiger partial charge in [-0.2, -0.15) is 0 Å². The first-order valence-corrected chi connectivity index (χ1v) is 8.69. The molecule has 7 heteroatoms. The fraction of sp³-hybridized carbons (Fsp3) is 0.188. The third kappa shape index (κ3) is 3.81. The zero-order valence-corrected chi connectivity index (χ0v) is 13.3. The van der Waals surface area contributed by atoms with Crippen molar-refractivity contribution < 1.29 is 17.9 Å². The number of carbonyl (C=O) groups excluding carboxylic acids is 1. The molecule has 2 N–H and O–H groups in total. The molecule has 0 spiro atoms. The lowest BCUT2D eigenvalue weighted by molar-refractivity contribution is -0.118. The van der Waals surface area contributed by atoms with Gasteiger partial charge in [-0.05, 0) is 30.7 Å². The molecule has 0 saturated heterocycles. The molecule has 1 heterocycles. The van der Waals surface area contributed by atoms with E-state index < -0.39 is 10.0 Å². The van der Waals surface area contributed by atoms with Gasteiger partial charge in [-0.15, -0.1) is 0 Å². The molecule has 120 valence electrons. The van der Waals surface area contributed by atoms with Crippen LogP contribution in [0.3, 0.4) is 0 Å². The van der Waals surface area contributed by atoms with E-state index in [1.807, 2.05) is 19.1 Å². The van der Waals surface area contributed by atoms with E-state index in [9.17, 15) is 13.2 Å². The number of hydrogen-bond donors (Lipinski definition) is 2. The number of nitrogens with one attached hydrogen (secondary N) is 2. The molecule has 1 aliphatic rings. The molecule has 0 atom stereocenters. The fourth-order valence-electron chi connectivity index (χ4n) is 2.27. The first-order valence-electron chi connectivity index (χ1n) is 7.04. The van der Waals surface area contributed by atoms with Gasteiger partial charge in [0.15, 0.2) is 6.61 Å². The summed E-state index contributed by atoms with van der Waals surface area (Å²) in [6.45, 7) is 1.91. The van der Waals surface area contributed by atoms with Crippen LogP contribution >= 0.6 is 0 Å². The number of sulfonamides is 1. The third-order valence-corrected chi connectivity index (χ3v) is 4.62. The number of aryl methyl sites for hydroxylation is 1. The third-order valence-electron chi connectivity index (χ3n) is 3.36. The van der Waals surface area contributed by atoms with Crippen molar-refractivity contribution in [1.29, 1.82) is 0 Å². The van der Waals surface area contributed by atoms with Crippen molar-refractivity contribution in [2.45, 2.75) is 12.7 Å². The Balaban J connectivity index is 1.76. The van der Waals surface area contributed by atoms with E-state index in [2.05, 4.69) is 10.0 Å². The van der Waals surface area contributed by atoms with Crippen molar-refractivity contribution in [3.63, 3.8) is 0 Å². The standard InChI is InChI=1S/C16H16N2O4S/c1-11-2-4-12(5-3-11)10-23(20,21)18-13-6-7-15-14(8-13)17-16(19)9-22-15/h2-8,18H,9-10H2,1H3,(H,17,19). The molecule has 6 nitrogen and oxygen atoms in total. The number of benzene rings is 2.